The number of hydrogen-bond acceptors (Lipinski definition) is 6. The molecule has 0 aromatic heterocycles. The fourth-order valence-corrected chi connectivity index (χ4v) is 9.12. The first-order valence-electron chi connectivity index (χ1n) is 9.88. The molecule has 0 saturated heterocycles. The molecule has 0 bridgehead atoms. The van der Waals surface area contributed by atoms with E-state index in [4.69, 9.17) is 4.74 Å². The van der Waals surface area contributed by atoms with Gasteiger partial charge in [-0.2, -0.15) is 0 Å². The van der Waals surface area contributed by atoms with Gasteiger partial charge in [0.2, 0.25) is 23.8 Å². The van der Waals surface area contributed by atoms with Crippen molar-refractivity contribution in [2.24, 2.45) is 0 Å². The molecular formula is C24H22O6S2. The highest BCUT2D eigenvalue weighted by Crippen LogP contribution is 2.50. The highest BCUT2D eigenvalue weighted by atomic mass is 32.3. The van der Waals surface area contributed by atoms with Gasteiger partial charge in [-0.05, 0) is 35.9 Å². The molecule has 0 fully saturated rings. The van der Waals surface area contributed by atoms with Crippen molar-refractivity contribution >= 4 is 25.2 Å². The van der Waals surface area contributed by atoms with Crippen LogP contribution in [0.5, 0.6) is 5.75 Å². The Labute approximate surface area is 187 Å². The topological polar surface area (TPSA) is 97.7 Å². The van der Waals surface area contributed by atoms with Gasteiger partial charge in [0.05, 0.1) is 16.9 Å². The normalized spacial score (nSPS) is 18.2. The van der Waals surface area contributed by atoms with E-state index < -0.39 is 36.3 Å². The molecular weight excluding hydrogens is 448 g/mol. The van der Waals surface area contributed by atoms with Gasteiger partial charge in [0.25, 0.3) is 0 Å². The molecule has 1 N–H and O–H groups in total. The van der Waals surface area contributed by atoms with Crippen molar-refractivity contribution in [2.75, 3.05) is 7.11 Å². The number of allylic oxidation sites excluding steroid dienone is 1. The van der Waals surface area contributed by atoms with Gasteiger partial charge in [0.15, 0.2) is 0 Å². The lowest BCUT2D eigenvalue weighted by molar-refractivity contribution is 0.217. The minimum absolute atomic E-state index is 0.173. The Morgan fingerprint density at radius 1 is 0.781 bits per heavy atom. The van der Waals surface area contributed by atoms with E-state index in [0.29, 0.717) is 11.3 Å². The van der Waals surface area contributed by atoms with Crippen LogP contribution in [0.3, 0.4) is 0 Å². The Morgan fingerprint density at radius 2 is 1.25 bits per heavy atom. The molecule has 0 amide bonds. The summed E-state index contributed by atoms with van der Waals surface area (Å²) >= 11 is 0. The number of sulfone groups is 2. The van der Waals surface area contributed by atoms with Crippen LogP contribution in [0.1, 0.15) is 12.0 Å². The fraction of sp³-hybridized carbons (Fsp3) is 0.167. The predicted octanol–water partition coefficient (Wildman–Crippen LogP) is 3.49. The average Bonchev–Trinajstić information content (AvgIpc) is 3.19. The summed E-state index contributed by atoms with van der Waals surface area (Å²) in [5.74, 6) is 0.405. The molecule has 8 heteroatoms. The molecule has 0 radical (unpaired) electrons. The van der Waals surface area contributed by atoms with E-state index in [0.717, 1.165) is 0 Å². The van der Waals surface area contributed by atoms with Crippen molar-refractivity contribution in [1.29, 1.82) is 0 Å². The second-order valence-electron chi connectivity index (χ2n) is 7.41. The van der Waals surface area contributed by atoms with Crippen molar-refractivity contribution in [2.45, 2.75) is 26.4 Å². The molecule has 3 aromatic carbocycles. The Kier molecular flexibility index (Phi) is 5.70. The van der Waals surface area contributed by atoms with Crippen molar-refractivity contribution in [1.82, 2.24) is 0 Å². The molecule has 0 spiro atoms. The molecule has 0 aliphatic heterocycles. The molecule has 1 unspecified atom stereocenters. The number of aliphatic hydroxyl groups is 1. The van der Waals surface area contributed by atoms with Gasteiger partial charge in [-0.3, -0.25) is 0 Å². The highest BCUT2D eigenvalue weighted by Gasteiger charge is 2.63. The van der Waals surface area contributed by atoms with Crippen LogP contribution in [0.4, 0.5) is 0 Å². The number of hydrogen-bond donors (Lipinski definition) is 1. The van der Waals surface area contributed by atoms with E-state index in [9.17, 15) is 21.9 Å². The third kappa shape index (κ3) is 3.18. The number of methoxy groups -OCH3 is 1. The highest BCUT2D eigenvalue weighted by molar-refractivity contribution is 8.10. The van der Waals surface area contributed by atoms with Gasteiger partial charge in [-0.25, -0.2) is 16.8 Å². The maximum Gasteiger partial charge on any atom is 0.215 e. The van der Waals surface area contributed by atoms with Crippen LogP contribution in [0.25, 0.3) is 5.57 Å². The number of benzene rings is 3. The maximum atomic E-state index is 13.9. The van der Waals surface area contributed by atoms with Crippen LogP contribution < -0.4 is 4.74 Å². The number of rotatable bonds is 6. The minimum atomic E-state index is -4.55. The minimum Gasteiger partial charge on any atom is -0.496 e. The summed E-state index contributed by atoms with van der Waals surface area (Å²) in [7, 11) is -7.64. The first-order valence-corrected chi connectivity index (χ1v) is 12.8. The van der Waals surface area contributed by atoms with Gasteiger partial charge < -0.3 is 9.84 Å². The van der Waals surface area contributed by atoms with E-state index in [2.05, 4.69) is 0 Å². The van der Waals surface area contributed by atoms with Crippen molar-refractivity contribution in [3.8, 4) is 5.75 Å². The SMILES string of the molecule is COc1ccccc1C1=CCC(S(=O)(=O)c2ccccc2)(S(=O)(=O)c2ccccc2)C1O. The van der Waals surface area contributed by atoms with Crippen molar-refractivity contribution in [3.05, 3.63) is 96.6 Å². The van der Waals surface area contributed by atoms with Crippen molar-refractivity contribution in [3.63, 3.8) is 0 Å². The summed E-state index contributed by atoms with van der Waals surface area (Å²) < 4.78 is 58.5. The lowest BCUT2D eigenvalue weighted by Crippen LogP contribution is -2.53. The summed E-state index contributed by atoms with van der Waals surface area (Å²) in [6, 6.07) is 21.5. The number of para-hydroxylation sites is 1. The van der Waals surface area contributed by atoms with Gasteiger partial charge in [0, 0.05) is 12.0 Å². The van der Waals surface area contributed by atoms with E-state index in [1.807, 2.05) is 0 Å². The van der Waals surface area contributed by atoms with Crippen LogP contribution in [0.2, 0.25) is 0 Å². The second-order valence-corrected chi connectivity index (χ2v) is 12.1. The summed E-state index contributed by atoms with van der Waals surface area (Å²) in [5, 5.41) is 11.5. The standard InChI is InChI=1S/C24H22O6S2/c1-30-22-15-9-8-14-20(22)21-16-17-24(23(21)25,31(26,27)18-10-4-2-5-11-18)32(28,29)19-12-6-3-7-13-19/h2-16,23,25H,17H2,1H3. The average molecular weight is 471 g/mol. The van der Waals surface area contributed by atoms with Crippen LogP contribution in [0.15, 0.2) is 101 Å². The van der Waals surface area contributed by atoms with Crippen LogP contribution in [0, 0.1) is 0 Å². The lowest BCUT2D eigenvalue weighted by Gasteiger charge is -2.33. The van der Waals surface area contributed by atoms with E-state index >= 15 is 0 Å². The quantitative estimate of drug-likeness (QED) is 0.592. The van der Waals surface area contributed by atoms with Crippen LogP contribution in [-0.2, 0) is 19.7 Å². The molecule has 4 rings (SSSR count). The zero-order valence-corrected chi connectivity index (χ0v) is 18.9. The molecule has 1 aliphatic carbocycles. The number of aliphatic hydroxyl groups excluding tert-OH is 1. The Hall–Kier alpha value is -2.94. The Morgan fingerprint density at radius 3 is 1.75 bits per heavy atom. The molecule has 1 aliphatic rings. The first kappa shape index (κ1) is 22.3. The monoisotopic (exact) mass is 470 g/mol. The Bertz CT molecular complexity index is 1290. The largest absolute Gasteiger partial charge is 0.496 e. The van der Waals surface area contributed by atoms with Crippen LogP contribution in [-0.4, -0.2) is 39.2 Å². The molecule has 0 saturated carbocycles. The van der Waals surface area contributed by atoms with Gasteiger partial charge >= 0.3 is 0 Å². The van der Waals surface area contributed by atoms with Crippen LogP contribution >= 0.6 is 0 Å². The fourth-order valence-electron chi connectivity index (χ4n) is 4.11. The van der Waals surface area contributed by atoms with Gasteiger partial charge in [0.1, 0.15) is 11.9 Å². The third-order valence-electron chi connectivity index (χ3n) is 5.75. The first-order chi connectivity index (χ1) is 15.3. The Balaban J connectivity index is 1.98. The molecule has 3 aromatic rings. The van der Waals surface area contributed by atoms with Gasteiger partial charge in [-0.1, -0.05) is 60.7 Å². The summed E-state index contributed by atoms with van der Waals surface area (Å²) in [6.45, 7) is 0. The summed E-state index contributed by atoms with van der Waals surface area (Å²) in [5.41, 5.74) is 0.636. The predicted molar refractivity (Wildman–Crippen MR) is 122 cm³/mol. The molecule has 6 nitrogen and oxygen atoms in total. The van der Waals surface area contributed by atoms with Gasteiger partial charge in [-0.15, -0.1) is 0 Å². The molecule has 32 heavy (non-hydrogen) atoms. The van der Waals surface area contributed by atoms with E-state index in [1.165, 1.54) is 61.7 Å². The number of ether oxygens (including phenoxy) is 1. The second kappa shape index (κ2) is 8.20. The third-order valence-corrected chi connectivity index (χ3v) is 11.5. The smallest absolute Gasteiger partial charge is 0.215 e. The van der Waals surface area contributed by atoms with E-state index in [-0.39, 0.29) is 15.4 Å². The van der Waals surface area contributed by atoms with E-state index in [1.54, 1.807) is 36.4 Å². The summed E-state index contributed by atoms with van der Waals surface area (Å²) in [4.78, 5) is -0.346. The molecule has 1 atom stereocenters. The zero-order chi connectivity index (χ0) is 23.0. The van der Waals surface area contributed by atoms with Crippen molar-refractivity contribution < 1.29 is 26.7 Å². The maximum absolute atomic E-state index is 13.9. The zero-order valence-electron chi connectivity index (χ0n) is 17.2. The summed E-state index contributed by atoms with van der Waals surface area (Å²) in [6.07, 6.45) is -0.770. The lowest BCUT2D eigenvalue weighted by atomic mass is 10.0. The molecule has 166 valence electrons. The molecule has 0 heterocycles.